The van der Waals surface area contributed by atoms with Gasteiger partial charge in [-0.15, -0.1) is 0 Å². The second-order valence-corrected chi connectivity index (χ2v) is 6.84. The number of rotatable bonds is 7. The monoisotopic (exact) mass is 404 g/mol. The van der Waals surface area contributed by atoms with Gasteiger partial charge in [0, 0.05) is 11.3 Å². The largest absolute Gasteiger partial charge is 0.493 e. The van der Waals surface area contributed by atoms with Crippen molar-refractivity contribution in [2.75, 3.05) is 32.7 Å². The number of hydrogen-bond donors (Lipinski definition) is 1. The Morgan fingerprint density at radius 2 is 1.67 bits per heavy atom. The number of benzene rings is 3. The van der Waals surface area contributed by atoms with Gasteiger partial charge >= 0.3 is 0 Å². The Morgan fingerprint density at radius 3 is 2.43 bits per heavy atom. The van der Waals surface area contributed by atoms with E-state index < -0.39 is 6.17 Å². The zero-order valence-corrected chi connectivity index (χ0v) is 17.0. The lowest BCUT2D eigenvalue weighted by atomic mass is 10.0. The number of fused-ring (bicyclic) bond motifs is 1. The fraction of sp³-hybridized carbons (Fsp3) is 0.208. The molecule has 1 heterocycles. The smallest absolute Gasteiger partial charge is 0.257 e. The molecule has 3 aromatic carbocycles. The fourth-order valence-electron chi connectivity index (χ4n) is 3.67. The Hall–Kier alpha value is -3.67. The number of amides is 1. The third-order valence-corrected chi connectivity index (χ3v) is 5.09. The summed E-state index contributed by atoms with van der Waals surface area (Å²) in [5, 5.41) is 3.48. The minimum Gasteiger partial charge on any atom is -0.493 e. The molecule has 1 amide bonds. The molecule has 0 unspecified atom stereocenters. The first-order valence-electron chi connectivity index (χ1n) is 9.78. The number of anilines is 1. The summed E-state index contributed by atoms with van der Waals surface area (Å²) < 4.78 is 16.9. The van der Waals surface area contributed by atoms with Gasteiger partial charge in [-0.05, 0) is 30.3 Å². The lowest BCUT2D eigenvalue weighted by molar-refractivity contribution is 0.0648. The van der Waals surface area contributed by atoms with Crippen molar-refractivity contribution in [1.29, 1.82) is 0 Å². The van der Waals surface area contributed by atoms with Crippen LogP contribution in [0.15, 0.2) is 72.8 Å². The molecule has 0 spiro atoms. The Bertz CT molecular complexity index is 1020. The maximum absolute atomic E-state index is 13.4. The van der Waals surface area contributed by atoms with E-state index in [1.54, 1.807) is 19.1 Å². The standard InChI is InChI=1S/C24H24N2O4/c1-28-21-14-8-12-19(22(21)29-2)23-25-20-13-7-6-11-18(20)24(27)26(23)15-16-30-17-9-4-3-5-10-17/h3-14,23,25H,15-16H2,1-2H3/t23-/m0/s1. The molecule has 0 aromatic heterocycles. The minimum atomic E-state index is -0.420. The summed E-state index contributed by atoms with van der Waals surface area (Å²) in [4.78, 5) is 15.1. The average molecular weight is 404 g/mol. The summed E-state index contributed by atoms with van der Waals surface area (Å²) in [6.07, 6.45) is -0.420. The van der Waals surface area contributed by atoms with E-state index in [2.05, 4.69) is 5.32 Å². The second-order valence-electron chi connectivity index (χ2n) is 6.84. The highest BCUT2D eigenvalue weighted by atomic mass is 16.5. The maximum atomic E-state index is 13.4. The fourth-order valence-corrected chi connectivity index (χ4v) is 3.67. The number of carbonyl (C=O) groups is 1. The highest BCUT2D eigenvalue weighted by Crippen LogP contribution is 2.40. The van der Waals surface area contributed by atoms with Crippen molar-refractivity contribution in [3.63, 3.8) is 0 Å². The van der Waals surface area contributed by atoms with Crippen LogP contribution in [-0.2, 0) is 0 Å². The molecular weight excluding hydrogens is 380 g/mol. The van der Waals surface area contributed by atoms with Gasteiger partial charge in [0.25, 0.3) is 5.91 Å². The second kappa shape index (κ2) is 8.78. The van der Waals surface area contributed by atoms with E-state index in [1.165, 1.54) is 0 Å². The van der Waals surface area contributed by atoms with Crippen molar-refractivity contribution in [2.45, 2.75) is 6.17 Å². The van der Waals surface area contributed by atoms with Crippen molar-refractivity contribution < 1.29 is 19.0 Å². The number of nitrogens with zero attached hydrogens (tertiary/aromatic N) is 1. The first kappa shape index (κ1) is 19.6. The molecule has 0 saturated heterocycles. The minimum absolute atomic E-state index is 0.0594. The lowest BCUT2D eigenvalue weighted by Gasteiger charge is -2.38. The van der Waals surface area contributed by atoms with Crippen LogP contribution in [-0.4, -0.2) is 38.2 Å². The van der Waals surface area contributed by atoms with Gasteiger partial charge in [-0.2, -0.15) is 0 Å². The highest BCUT2D eigenvalue weighted by molar-refractivity contribution is 6.01. The molecule has 30 heavy (non-hydrogen) atoms. The highest BCUT2D eigenvalue weighted by Gasteiger charge is 2.34. The van der Waals surface area contributed by atoms with Gasteiger partial charge in [0.1, 0.15) is 18.5 Å². The lowest BCUT2D eigenvalue weighted by Crippen LogP contribution is -2.45. The molecule has 0 saturated carbocycles. The van der Waals surface area contributed by atoms with E-state index in [-0.39, 0.29) is 5.91 Å². The molecule has 6 nitrogen and oxygen atoms in total. The molecule has 6 heteroatoms. The first-order valence-corrected chi connectivity index (χ1v) is 9.78. The Balaban J connectivity index is 1.66. The quantitative estimate of drug-likeness (QED) is 0.634. The molecule has 1 aliphatic rings. The SMILES string of the molecule is COc1cccc([C@H]2Nc3ccccc3C(=O)N2CCOc2ccccc2)c1OC. The number of carbonyl (C=O) groups excluding carboxylic acids is 1. The topological polar surface area (TPSA) is 60.0 Å². The third kappa shape index (κ3) is 3.76. The van der Waals surface area contributed by atoms with E-state index in [0.717, 1.165) is 17.0 Å². The molecule has 0 bridgehead atoms. The van der Waals surface area contributed by atoms with Crippen molar-refractivity contribution in [2.24, 2.45) is 0 Å². The molecule has 1 atom stereocenters. The molecule has 1 aliphatic heterocycles. The van der Waals surface area contributed by atoms with Gasteiger partial charge in [0.2, 0.25) is 0 Å². The zero-order valence-electron chi connectivity index (χ0n) is 17.0. The van der Waals surface area contributed by atoms with Crippen molar-refractivity contribution in [3.8, 4) is 17.2 Å². The first-order chi connectivity index (χ1) is 14.7. The molecule has 3 aromatic rings. The number of para-hydroxylation sites is 3. The van der Waals surface area contributed by atoms with Crippen LogP contribution in [0.3, 0.4) is 0 Å². The van der Waals surface area contributed by atoms with Crippen LogP contribution in [0.1, 0.15) is 22.1 Å². The van der Waals surface area contributed by atoms with Gasteiger partial charge in [0.15, 0.2) is 11.5 Å². The van der Waals surface area contributed by atoms with Crippen LogP contribution in [0, 0.1) is 0 Å². The van der Waals surface area contributed by atoms with Gasteiger partial charge in [0.05, 0.1) is 26.3 Å². The number of ether oxygens (including phenoxy) is 3. The average Bonchev–Trinajstić information content (AvgIpc) is 2.80. The van der Waals surface area contributed by atoms with Crippen LogP contribution in [0.25, 0.3) is 0 Å². The number of nitrogens with one attached hydrogen (secondary N) is 1. The normalized spacial score (nSPS) is 15.2. The molecule has 0 fully saturated rings. The van der Waals surface area contributed by atoms with Gasteiger partial charge in [-0.1, -0.05) is 42.5 Å². The van der Waals surface area contributed by atoms with Crippen LogP contribution >= 0.6 is 0 Å². The summed E-state index contributed by atoms with van der Waals surface area (Å²) >= 11 is 0. The van der Waals surface area contributed by atoms with Crippen molar-refractivity contribution >= 4 is 11.6 Å². The van der Waals surface area contributed by atoms with Crippen LogP contribution in [0.2, 0.25) is 0 Å². The summed E-state index contributed by atoms with van der Waals surface area (Å²) in [6.45, 7) is 0.766. The van der Waals surface area contributed by atoms with Crippen LogP contribution in [0.5, 0.6) is 17.2 Å². The van der Waals surface area contributed by atoms with Gasteiger partial charge < -0.3 is 24.4 Å². The molecule has 154 valence electrons. The summed E-state index contributed by atoms with van der Waals surface area (Å²) in [5.41, 5.74) is 2.24. The number of hydrogen-bond acceptors (Lipinski definition) is 5. The van der Waals surface area contributed by atoms with Crippen LogP contribution in [0.4, 0.5) is 5.69 Å². The predicted molar refractivity (Wildman–Crippen MR) is 115 cm³/mol. The van der Waals surface area contributed by atoms with E-state index >= 15 is 0 Å². The molecular formula is C24H24N2O4. The van der Waals surface area contributed by atoms with Gasteiger partial charge in [-0.25, -0.2) is 0 Å². The van der Waals surface area contributed by atoms with E-state index in [1.807, 2.05) is 72.8 Å². The molecule has 0 radical (unpaired) electrons. The van der Waals surface area contributed by atoms with Crippen molar-refractivity contribution in [1.82, 2.24) is 4.90 Å². The third-order valence-electron chi connectivity index (χ3n) is 5.09. The summed E-state index contributed by atoms with van der Waals surface area (Å²) in [6, 6.07) is 22.7. The maximum Gasteiger partial charge on any atom is 0.257 e. The summed E-state index contributed by atoms with van der Waals surface area (Å²) in [7, 11) is 3.20. The van der Waals surface area contributed by atoms with Crippen LogP contribution < -0.4 is 19.5 Å². The zero-order chi connectivity index (χ0) is 20.9. The Labute approximate surface area is 176 Å². The molecule has 0 aliphatic carbocycles. The molecule has 4 rings (SSSR count). The van der Waals surface area contributed by atoms with E-state index in [0.29, 0.717) is 30.2 Å². The van der Waals surface area contributed by atoms with E-state index in [9.17, 15) is 4.79 Å². The number of methoxy groups -OCH3 is 2. The summed E-state index contributed by atoms with van der Waals surface area (Å²) in [5.74, 6) is 1.92. The van der Waals surface area contributed by atoms with Gasteiger partial charge in [-0.3, -0.25) is 4.79 Å². The predicted octanol–water partition coefficient (Wildman–Crippen LogP) is 4.35. The van der Waals surface area contributed by atoms with E-state index in [4.69, 9.17) is 14.2 Å². The molecule has 1 N–H and O–H groups in total. The van der Waals surface area contributed by atoms with Crippen molar-refractivity contribution in [3.05, 3.63) is 83.9 Å². The Morgan fingerprint density at radius 1 is 0.900 bits per heavy atom. The Kier molecular flexibility index (Phi) is 5.75.